The Morgan fingerprint density at radius 1 is 1.18 bits per heavy atom. The van der Waals surface area contributed by atoms with Crippen molar-refractivity contribution in [2.75, 3.05) is 24.5 Å². The van der Waals surface area contributed by atoms with Crippen molar-refractivity contribution >= 4 is 5.69 Å². The summed E-state index contributed by atoms with van der Waals surface area (Å²) in [7, 11) is 0. The Kier molecular flexibility index (Phi) is 3.02. The van der Waals surface area contributed by atoms with Gasteiger partial charge in [0.2, 0.25) is 0 Å². The minimum atomic E-state index is -0.0573. The zero-order valence-corrected chi connectivity index (χ0v) is 10.1. The van der Waals surface area contributed by atoms with Crippen LogP contribution in [0, 0.1) is 5.82 Å². The van der Waals surface area contributed by atoms with Crippen molar-refractivity contribution in [2.45, 2.75) is 31.7 Å². The number of hydrogen-bond acceptors (Lipinski definition) is 2. The van der Waals surface area contributed by atoms with Gasteiger partial charge in [0.25, 0.3) is 0 Å². The Hall–Kier alpha value is -1.09. The Morgan fingerprint density at radius 2 is 2.00 bits per heavy atom. The average Bonchev–Trinajstić information content (AvgIpc) is 3.02. The summed E-state index contributed by atoms with van der Waals surface area (Å²) in [6.07, 6.45) is 4.69. The molecule has 2 heterocycles. The third-order valence-electron chi connectivity index (χ3n) is 3.88. The highest BCUT2D eigenvalue weighted by Crippen LogP contribution is 2.29. The van der Waals surface area contributed by atoms with Gasteiger partial charge < -0.3 is 10.2 Å². The van der Waals surface area contributed by atoms with Crippen LogP contribution in [0.1, 0.15) is 37.3 Å². The highest BCUT2D eigenvalue weighted by atomic mass is 19.1. The lowest BCUT2D eigenvalue weighted by Gasteiger charge is -2.20. The standard InChI is InChI=1S/C14H19FN2/c15-12-10-11(13-4-3-7-16-13)5-6-14(12)17-8-1-2-9-17/h5-6,10,13,16H,1-4,7-9H2. The van der Waals surface area contributed by atoms with E-state index in [1.165, 1.54) is 19.3 Å². The van der Waals surface area contributed by atoms with E-state index in [2.05, 4.69) is 16.3 Å². The van der Waals surface area contributed by atoms with E-state index < -0.39 is 0 Å². The maximum Gasteiger partial charge on any atom is 0.146 e. The third-order valence-corrected chi connectivity index (χ3v) is 3.88. The molecule has 2 nitrogen and oxygen atoms in total. The molecule has 1 atom stereocenters. The van der Waals surface area contributed by atoms with E-state index in [0.29, 0.717) is 6.04 Å². The number of nitrogens with zero attached hydrogens (tertiary/aromatic N) is 1. The normalized spacial score (nSPS) is 24.5. The summed E-state index contributed by atoms with van der Waals surface area (Å²) < 4.78 is 14.1. The Bertz CT molecular complexity index is 393. The van der Waals surface area contributed by atoms with Gasteiger partial charge in [-0.15, -0.1) is 0 Å². The van der Waals surface area contributed by atoms with Crippen LogP contribution in [-0.4, -0.2) is 19.6 Å². The summed E-state index contributed by atoms with van der Waals surface area (Å²) in [6.45, 7) is 3.05. The molecule has 1 aromatic carbocycles. The molecule has 0 bridgehead atoms. The largest absolute Gasteiger partial charge is 0.369 e. The lowest BCUT2D eigenvalue weighted by atomic mass is 10.0. The van der Waals surface area contributed by atoms with Gasteiger partial charge in [-0.1, -0.05) is 6.07 Å². The quantitative estimate of drug-likeness (QED) is 0.846. The Morgan fingerprint density at radius 3 is 2.65 bits per heavy atom. The van der Waals surface area contributed by atoms with Crippen LogP contribution in [0.2, 0.25) is 0 Å². The van der Waals surface area contributed by atoms with Crippen LogP contribution in [0.4, 0.5) is 10.1 Å². The Balaban J connectivity index is 1.82. The number of halogens is 1. The molecule has 0 amide bonds. The lowest BCUT2D eigenvalue weighted by Crippen LogP contribution is -2.19. The minimum Gasteiger partial charge on any atom is -0.369 e. The van der Waals surface area contributed by atoms with Gasteiger partial charge >= 0.3 is 0 Å². The first-order valence-electron chi connectivity index (χ1n) is 6.62. The van der Waals surface area contributed by atoms with Gasteiger partial charge in [-0.3, -0.25) is 0 Å². The third kappa shape index (κ3) is 2.16. The molecular formula is C14H19FN2. The van der Waals surface area contributed by atoms with Gasteiger partial charge in [-0.25, -0.2) is 4.39 Å². The number of benzene rings is 1. The zero-order valence-electron chi connectivity index (χ0n) is 10.1. The molecule has 0 aliphatic carbocycles. The fraction of sp³-hybridized carbons (Fsp3) is 0.571. The second-order valence-corrected chi connectivity index (χ2v) is 5.05. The summed E-state index contributed by atoms with van der Waals surface area (Å²) in [5.41, 5.74) is 1.88. The van der Waals surface area contributed by atoms with E-state index in [4.69, 9.17) is 0 Å². The number of hydrogen-bond donors (Lipinski definition) is 1. The van der Waals surface area contributed by atoms with E-state index in [9.17, 15) is 4.39 Å². The van der Waals surface area contributed by atoms with Gasteiger partial charge in [-0.05, 0) is 49.9 Å². The number of anilines is 1. The van der Waals surface area contributed by atoms with Crippen molar-refractivity contribution in [1.29, 1.82) is 0 Å². The first kappa shape index (κ1) is 11.0. The highest BCUT2D eigenvalue weighted by Gasteiger charge is 2.20. The van der Waals surface area contributed by atoms with Crippen molar-refractivity contribution in [1.82, 2.24) is 5.32 Å². The van der Waals surface area contributed by atoms with Crippen LogP contribution >= 0.6 is 0 Å². The van der Waals surface area contributed by atoms with Crippen LogP contribution in [0.25, 0.3) is 0 Å². The fourth-order valence-corrected chi connectivity index (χ4v) is 2.92. The fourth-order valence-electron chi connectivity index (χ4n) is 2.92. The van der Waals surface area contributed by atoms with Gasteiger partial charge in [0.05, 0.1) is 5.69 Å². The van der Waals surface area contributed by atoms with Crippen molar-refractivity contribution in [3.05, 3.63) is 29.6 Å². The first-order valence-corrected chi connectivity index (χ1v) is 6.62. The van der Waals surface area contributed by atoms with Crippen LogP contribution in [0.5, 0.6) is 0 Å². The summed E-state index contributed by atoms with van der Waals surface area (Å²) in [5, 5.41) is 3.41. The molecule has 2 fully saturated rings. The molecule has 1 unspecified atom stereocenters. The van der Waals surface area contributed by atoms with E-state index in [1.807, 2.05) is 6.07 Å². The molecule has 0 radical (unpaired) electrons. The predicted octanol–water partition coefficient (Wildman–Crippen LogP) is 2.85. The van der Waals surface area contributed by atoms with Crippen LogP contribution < -0.4 is 10.2 Å². The molecule has 0 saturated carbocycles. The van der Waals surface area contributed by atoms with Gasteiger partial charge in [0.1, 0.15) is 5.82 Å². The second-order valence-electron chi connectivity index (χ2n) is 5.05. The molecule has 2 saturated heterocycles. The molecule has 92 valence electrons. The van der Waals surface area contributed by atoms with Crippen molar-refractivity contribution in [3.63, 3.8) is 0 Å². The number of nitrogens with one attached hydrogen (secondary N) is 1. The second kappa shape index (κ2) is 4.65. The molecule has 3 rings (SSSR count). The summed E-state index contributed by atoms with van der Waals surface area (Å²) >= 11 is 0. The minimum absolute atomic E-state index is 0.0573. The van der Waals surface area contributed by atoms with E-state index in [1.54, 1.807) is 6.07 Å². The molecule has 1 N–H and O–H groups in total. The van der Waals surface area contributed by atoms with Gasteiger partial charge in [-0.2, -0.15) is 0 Å². The molecule has 2 aliphatic rings. The van der Waals surface area contributed by atoms with E-state index in [-0.39, 0.29) is 5.82 Å². The van der Waals surface area contributed by atoms with Gasteiger partial charge in [0.15, 0.2) is 0 Å². The molecule has 17 heavy (non-hydrogen) atoms. The van der Waals surface area contributed by atoms with Crippen LogP contribution in [0.15, 0.2) is 18.2 Å². The molecule has 1 aromatic rings. The topological polar surface area (TPSA) is 15.3 Å². The zero-order chi connectivity index (χ0) is 11.7. The molecule has 2 aliphatic heterocycles. The first-order chi connectivity index (χ1) is 8.34. The summed E-state index contributed by atoms with van der Waals surface area (Å²) in [6, 6.07) is 6.11. The van der Waals surface area contributed by atoms with Crippen molar-refractivity contribution in [3.8, 4) is 0 Å². The smallest absolute Gasteiger partial charge is 0.146 e. The molecular weight excluding hydrogens is 215 g/mol. The van der Waals surface area contributed by atoms with Crippen LogP contribution in [-0.2, 0) is 0 Å². The monoisotopic (exact) mass is 234 g/mol. The maximum absolute atomic E-state index is 14.1. The number of rotatable bonds is 2. The van der Waals surface area contributed by atoms with E-state index >= 15 is 0 Å². The van der Waals surface area contributed by atoms with Crippen LogP contribution in [0.3, 0.4) is 0 Å². The van der Waals surface area contributed by atoms with Crippen molar-refractivity contribution < 1.29 is 4.39 Å². The molecule has 0 spiro atoms. The maximum atomic E-state index is 14.1. The van der Waals surface area contributed by atoms with Crippen molar-refractivity contribution in [2.24, 2.45) is 0 Å². The van der Waals surface area contributed by atoms with Gasteiger partial charge in [0, 0.05) is 19.1 Å². The lowest BCUT2D eigenvalue weighted by molar-refractivity contribution is 0.603. The summed E-state index contributed by atoms with van der Waals surface area (Å²) in [4.78, 5) is 2.15. The SMILES string of the molecule is Fc1cc(C2CCCN2)ccc1N1CCCC1. The predicted molar refractivity (Wildman–Crippen MR) is 67.8 cm³/mol. The molecule has 0 aromatic heterocycles. The summed E-state index contributed by atoms with van der Waals surface area (Å²) in [5.74, 6) is -0.0573. The Labute approximate surface area is 102 Å². The highest BCUT2D eigenvalue weighted by molar-refractivity contribution is 5.50. The average molecular weight is 234 g/mol. The van der Waals surface area contributed by atoms with E-state index in [0.717, 1.165) is 37.3 Å². The molecule has 3 heteroatoms.